The highest BCUT2D eigenvalue weighted by Gasteiger charge is 2.31. The lowest BCUT2D eigenvalue weighted by Crippen LogP contribution is -2.41. The summed E-state index contributed by atoms with van der Waals surface area (Å²) in [4.78, 5) is 15.3. The lowest BCUT2D eigenvalue weighted by atomic mass is 10.0. The number of rotatable bonds is 4. The summed E-state index contributed by atoms with van der Waals surface area (Å²) in [6.07, 6.45) is 5.93. The summed E-state index contributed by atoms with van der Waals surface area (Å²) in [6, 6.07) is 6.19. The van der Waals surface area contributed by atoms with E-state index in [0.29, 0.717) is 13.0 Å². The maximum atomic E-state index is 12.1. The van der Waals surface area contributed by atoms with Gasteiger partial charge in [-0.25, -0.2) is 0 Å². The quantitative estimate of drug-likeness (QED) is 0.808. The van der Waals surface area contributed by atoms with Crippen LogP contribution in [0.4, 0.5) is 0 Å². The van der Waals surface area contributed by atoms with Gasteiger partial charge in [-0.3, -0.25) is 4.79 Å². The monoisotopic (exact) mass is 286 g/mol. The molecule has 1 fully saturated rings. The molecule has 1 amide bonds. The predicted molar refractivity (Wildman–Crippen MR) is 83.2 cm³/mol. The number of fused-ring (bicyclic) bond motifs is 1. The number of hydrogen-bond donors (Lipinski definition) is 3. The van der Waals surface area contributed by atoms with Gasteiger partial charge in [0.15, 0.2) is 0 Å². The molecular weight excluding hydrogens is 264 g/mol. The first-order valence-corrected chi connectivity index (χ1v) is 7.61. The van der Waals surface area contributed by atoms with Crippen molar-refractivity contribution in [3.05, 3.63) is 35.5 Å². The molecule has 1 aromatic heterocycles. The van der Waals surface area contributed by atoms with Crippen LogP contribution in [0.2, 0.25) is 0 Å². The number of carbonyl (C=O) groups is 1. The number of aromatic amines is 1. The van der Waals surface area contributed by atoms with Gasteiger partial charge < -0.3 is 15.4 Å². The summed E-state index contributed by atoms with van der Waals surface area (Å²) in [7, 11) is 0. The second-order valence-corrected chi connectivity index (χ2v) is 6.25. The Kier molecular flexibility index (Phi) is 3.72. The minimum atomic E-state index is -0.688. The fraction of sp³-hybridized carbons (Fsp3) is 0.471. The standard InChI is InChI=1S/C17H22N2O2/c1-12-4-5-14-13(10-18-15(14)8-12)9-16(20)19-11-17(21)6-2-3-7-17/h4-5,8,10,18,21H,2-3,6-7,9,11H2,1H3,(H,19,20). The average molecular weight is 286 g/mol. The van der Waals surface area contributed by atoms with Gasteiger partial charge in [0.2, 0.25) is 5.91 Å². The van der Waals surface area contributed by atoms with Crippen LogP contribution in [-0.4, -0.2) is 28.1 Å². The highest BCUT2D eigenvalue weighted by atomic mass is 16.3. The van der Waals surface area contributed by atoms with Crippen LogP contribution >= 0.6 is 0 Å². The summed E-state index contributed by atoms with van der Waals surface area (Å²) < 4.78 is 0. The number of hydrogen-bond acceptors (Lipinski definition) is 2. The predicted octanol–water partition coefficient (Wildman–Crippen LogP) is 2.44. The highest BCUT2D eigenvalue weighted by Crippen LogP contribution is 2.28. The Morgan fingerprint density at radius 3 is 2.90 bits per heavy atom. The molecule has 0 bridgehead atoms. The van der Waals surface area contributed by atoms with Crippen LogP contribution in [0.25, 0.3) is 10.9 Å². The number of aryl methyl sites for hydroxylation is 1. The molecule has 0 spiro atoms. The van der Waals surface area contributed by atoms with Gasteiger partial charge in [0.1, 0.15) is 0 Å². The van der Waals surface area contributed by atoms with Crippen molar-refractivity contribution in [1.29, 1.82) is 0 Å². The van der Waals surface area contributed by atoms with E-state index in [9.17, 15) is 9.90 Å². The number of aliphatic hydroxyl groups is 1. The number of H-pyrrole nitrogens is 1. The molecule has 1 heterocycles. The molecule has 0 atom stereocenters. The lowest BCUT2D eigenvalue weighted by molar-refractivity contribution is -0.121. The zero-order chi connectivity index (χ0) is 14.9. The number of nitrogens with one attached hydrogen (secondary N) is 2. The molecule has 1 aliphatic carbocycles. The SMILES string of the molecule is Cc1ccc2c(CC(=O)NCC3(O)CCCC3)c[nH]c2c1. The molecule has 2 aromatic rings. The lowest BCUT2D eigenvalue weighted by Gasteiger charge is -2.22. The van der Waals surface area contributed by atoms with Crippen molar-refractivity contribution in [2.24, 2.45) is 0 Å². The van der Waals surface area contributed by atoms with E-state index in [4.69, 9.17) is 0 Å². The maximum absolute atomic E-state index is 12.1. The van der Waals surface area contributed by atoms with E-state index in [0.717, 1.165) is 42.1 Å². The summed E-state index contributed by atoms with van der Waals surface area (Å²) in [6.45, 7) is 2.42. The van der Waals surface area contributed by atoms with Crippen molar-refractivity contribution in [3.63, 3.8) is 0 Å². The van der Waals surface area contributed by atoms with Crippen molar-refractivity contribution in [1.82, 2.24) is 10.3 Å². The minimum absolute atomic E-state index is 0.0307. The summed E-state index contributed by atoms with van der Waals surface area (Å²) >= 11 is 0. The molecule has 4 nitrogen and oxygen atoms in total. The molecule has 21 heavy (non-hydrogen) atoms. The molecular formula is C17H22N2O2. The maximum Gasteiger partial charge on any atom is 0.224 e. The Morgan fingerprint density at radius 1 is 1.38 bits per heavy atom. The summed E-state index contributed by atoms with van der Waals surface area (Å²) in [5.41, 5.74) is 2.57. The molecule has 0 unspecified atom stereocenters. The first kappa shape index (κ1) is 14.1. The normalized spacial score (nSPS) is 17.2. The first-order valence-electron chi connectivity index (χ1n) is 7.61. The van der Waals surface area contributed by atoms with E-state index in [2.05, 4.69) is 29.4 Å². The molecule has 0 aliphatic heterocycles. The first-order chi connectivity index (χ1) is 10.1. The topological polar surface area (TPSA) is 65.1 Å². The summed E-state index contributed by atoms with van der Waals surface area (Å²) in [5.74, 6) is -0.0307. The van der Waals surface area contributed by atoms with Gasteiger partial charge in [-0.05, 0) is 37.0 Å². The van der Waals surface area contributed by atoms with Gasteiger partial charge in [0, 0.05) is 23.6 Å². The molecule has 1 aromatic carbocycles. The zero-order valence-corrected chi connectivity index (χ0v) is 12.4. The third-order valence-electron chi connectivity index (χ3n) is 4.42. The highest BCUT2D eigenvalue weighted by molar-refractivity contribution is 5.89. The van der Waals surface area contributed by atoms with Crippen LogP contribution in [0.5, 0.6) is 0 Å². The Hall–Kier alpha value is -1.81. The molecule has 4 heteroatoms. The molecule has 3 N–H and O–H groups in total. The van der Waals surface area contributed by atoms with Gasteiger partial charge in [-0.15, -0.1) is 0 Å². The van der Waals surface area contributed by atoms with Crippen LogP contribution in [0.15, 0.2) is 24.4 Å². The van der Waals surface area contributed by atoms with Crippen LogP contribution in [0.1, 0.15) is 36.8 Å². The van der Waals surface area contributed by atoms with Crippen LogP contribution in [0, 0.1) is 6.92 Å². The second-order valence-electron chi connectivity index (χ2n) is 6.25. The molecule has 3 rings (SSSR count). The number of carbonyl (C=O) groups excluding carboxylic acids is 1. The largest absolute Gasteiger partial charge is 0.388 e. The Labute approximate surface area is 124 Å². The zero-order valence-electron chi connectivity index (χ0n) is 12.4. The third kappa shape index (κ3) is 3.10. The van der Waals surface area contributed by atoms with Gasteiger partial charge in [-0.2, -0.15) is 0 Å². The Bertz CT molecular complexity index is 654. The molecule has 0 saturated heterocycles. The van der Waals surface area contributed by atoms with Crippen LogP contribution in [-0.2, 0) is 11.2 Å². The molecule has 112 valence electrons. The summed E-state index contributed by atoms with van der Waals surface area (Å²) in [5, 5.41) is 14.2. The van der Waals surface area contributed by atoms with Gasteiger partial charge in [0.05, 0.1) is 12.0 Å². The van der Waals surface area contributed by atoms with Crippen molar-refractivity contribution < 1.29 is 9.90 Å². The van der Waals surface area contributed by atoms with E-state index >= 15 is 0 Å². The van der Waals surface area contributed by atoms with Gasteiger partial charge in [0.25, 0.3) is 0 Å². The van der Waals surface area contributed by atoms with Gasteiger partial charge in [-0.1, -0.05) is 25.0 Å². The van der Waals surface area contributed by atoms with Crippen molar-refractivity contribution in [2.75, 3.05) is 6.54 Å². The fourth-order valence-corrected chi connectivity index (χ4v) is 3.15. The minimum Gasteiger partial charge on any atom is -0.388 e. The van der Waals surface area contributed by atoms with Crippen molar-refractivity contribution in [3.8, 4) is 0 Å². The Morgan fingerprint density at radius 2 is 2.14 bits per heavy atom. The van der Waals surface area contributed by atoms with E-state index < -0.39 is 5.60 Å². The van der Waals surface area contributed by atoms with E-state index in [1.807, 2.05) is 12.3 Å². The number of aromatic nitrogens is 1. The van der Waals surface area contributed by atoms with E-state index in [1.54, 1.807) is 0 Å². The van der Waals surface area contributed by atoms with E-state index in [-0.39, 0.29) is 5.91 Å². The number of benzene rings is 1. The van der Waals surface area contributed by atoms with Crippen LogP contribution < -0.4 is 5.32 Å². The fourth-order valence-electron chi connectivity index (χ4n) is 3.15. The second kappa shape index (κ2) is 5.53. The average Bonchev–Trinajstić information content (AvgIpc) is 3.04. The molecule has 1 saturated carbocycles. The van der Waals surface area contributed by atoms with Crippen molar-refractivity contribution in [2.45, 2.75) is 44.6 Å². The van der Waals surface area contributed by atoms with Gasteiger partial charge >= 0.3 is 0 Å². The molecule has 0 radical (unpaired) electrons. The Balaban J connectivity index is 1.63. The van der Waals surface area contributed by atoms with Crippen LogP contribution in [0.3, 0.4) is 0 Å². The van der Waals surface area contributed by atoms with Crippen molar-refractivity contribution >= 4 is 16.8 Å². The molecule has 1 aliphatic rings. The third-order valence-corrected chi connectivity index (χ3v) is 4.42. The number of amides is 1. The van der Waals surface area contributed by atoms with E-state index in [1.165, 1.54) is 5.56 Å². The smallest absolute Gasteiger partial charge is 0.224 e.